The van der Waals surface area contributed by atoms with Crippen molar-refractivity contribution in [3.63, 3.8) is 0 Å². The highest BCUT2D eigenvalue weighted by atomic mass is 16.5. The van der Waals surface area contributed by atoms with Crippen LogP contribution < -0.4 is 5.32 Å². The van der Waals surface area contributed by atoms with Gasteiger partial charge in [-0.15, -0.1) is 0 Å². The summed E-state index contributed by atoms with van der Waals surface area (Å²) in [6, 6.07) is 0.757. The monoisotopic (exact) mass is 280 g/mol. The highest BCUT2D eigenvalue weighted by molar-refractivity contribution is 4.89. The molecule has 1 saturated carbocycles. The summed E-state index contributed by atoms with van der Waals surface area (Å²) < 4.78 is 5.54. The third kappa shape index (κ3) is 3.75. The van der Waals surface area contributed by atoms with Crippen LogP contribution in [0.2, 0.25) is 0 Å². The molecule has 0 bridgehead atoms. The molecular weight excluding hydrogens is 248 g/mol. The predicted octanol–water partition coefficient (Wildman–Crippen LogP) is 2.66. The Bertz CT molecular complexity index is 295. The number of hydrogen-bond acceptors (Lipinski definition) is 3. The zero-order valence-corrected chi connectivity index (χ0v) is 13.2. The second kappa shape index (κ2) is 6.76. The lowest BCUT2D eigenvalue weighted by atomic mass is 9.80. The number of hydrogen-bond donors (Lipinski definition) is 1. The van der Waals surface area contributed by atoms with Gasteiger partial charge in [-0.25, -0.2) is 0 Å². The van der Waals surface area contributed by atoms with Gasteiger partial charge in [-0.1, -0.05) is 26.2 Å². The van der Waals surface area contributed by atoms with E-state index in [0.29, 0.717) is 5.41 Å². The zero-order chi connectivity index (χ0) is 13.8. The van der Waals surface area contributed by atoms with Gasteiger partial charge < -0.3 is 10.1 Å². The summed E-state index contributed by atoms with van der Waals surface area (Å²) in [5, 5.41) is 3.80. The van der Waals surface area contributed by atoms with Crippen molar-refractivity contribution in [2.24, 2.45) is 11.3 Å². The Morgan fingerprint density at radius 1 is 1.15 bits per heavy atom. The smallest absolute Gasteiger partial charge is 0.0471 e. The molecule has 3 nitrogen and oxygen atoms in total. The second-order valence-corrected chi connectivity index (χ2v) is 7.62. The fourth-order valence-electron chi connectivity index (χ4n) is 4.40. The Morgan fingerprint density at radius 2 is 1.90 bits per heavy atom. The van der Waals surface area contributed by atoms with Crippen LogP contribution >= 0.6 is 0 Å². The van der Waals surface area contributed by atoms with E-state index in [-0.39, 0.29) is 0 Å². The van der Waals surface area contributed by atoms with Gasteiger partial charge in [0.15, 0.2) is 0 Å². The van der Waals surface area contributed by atoms with Crippen LogP contribution in [0.1, 0.15) is 51.9 Å². The van der Waals surface area contributed by atoms with Crippen molar-refractivity contribution in [1.29, 1.82) is 0 Å². The van der Waals surface area contributed by atoms with Gasteiger partial charge >= 0.3 is 0 Å². The topological polar surface area (TPSA) is 24.5 Å². The molecule has 2 heterocycles. The first-order valence-electron chi connectivity index (χ1n) is 8.79. The third-order valence-electron chi connectivity index (χ3n) is 5.81. The summed E-state index contributed by atoms with van der Waals surface area (Å²) in [4.78, 5) is 2.74. The van der Waals surface area contributed by atoms with Gasteiger partial charge in [0, 0.05) is 45.4 Å². The number of piperazine rings is 1. The van der Waals surface area contributed by atoms with Crippen molar-refractivity contribution in [3.05, 3.63) is 0 Å². The molecule has 1 N–H and O–H groups in total. The molecule has 0 spiro atoms. The first kappa shape index (κ1) is 14.8. The molecule has 0 radical (unpaired) electrons. The number of nitrogens with zero attached hydrogens (tertiary/aromatic N) is 1. The summed E-state index contributed by atoms with van der Waals surface area (Å²) >= 11 is 0. The third-order valence-corrected chi connectivity index (χ3v) is 5.81. The first-order valence-corrected chi connectivity index (χ1v) is 8.79. The fraction of sp³-hybridized carbons (Fsp3) is 1.00. The largest absolute Gasteiger partial charge is 0.381 e. The van der Waals surface area contributed by atoms with E-state index in [9.17, 15) is 0 Å². The van der Waals surface area contributed by atoms with Gasteiger partial charge in [-0.05, 0) is 37.0 Å². The molecule has 0 aromatic rings. The van der Waals surface area contributed by atoms with Crippen molar-refractivity contribution in [3.8, 4) is 0 Å². The van der Waals surface area contributed by atoms with E-state index >= 15 is 0 Å². The van der Waals surface area contributed by atoms with Gasteiger partial charge in [0.05, 0.1) is 0 Å². The van der Waals surface area contributed by atoms with Crippen LogP contribution in [0.5, 0.6) is 0 Å². The highest BCUT2D eigenvalue weighted by Gasteiger charge is 2.33. The SMILES string of the molecule is CC1(CN2CCNC(C3CCCCC3)C2)CCOCC1. The predicted molar refractivity (Wildman–Crippen MR) is 83.0 cm³/mol. The van der Waals surface area contributed by atoms with Crippen LogP contribution in [0.25, 0.3) is 0 Å². The van der Waals surface area contributed by atoms with Crippen LogP contribution in [0.15, 0.2) is 0 Å². The van der Waals surface area contributed by atoms with Crippen molar-refractivity contribution in [1.82, 2.24) is 10.2 Å². The standard InChI is InChI=1S/C17H32N2O/c1-17(7-11-20-12-8-17)14-19-10-9-18-16(13-19)15-5-3-2-4-6-15/h15-16,18H,2-14H2,1H3. The number of nitrogens with one attached hydrogen (secondary N) is 1. The van der Waals surface area contributed by atoms with E-state index < -0.39 is 0 Å². The van der Waals surface area contributed by atoms with E-state index in [1.54, 1.807) is 0 Å². The van der Waals surface area contributed by atoms with Gasteiger partial charge in [-0.2, -0.15) is 0 Å². The average molecular weight is 280 g/mol. The minimum atomic E-state index is 0.493. The van der Waals surface area contributed by atoms with Gasteiger partial charge in [0.25, 0.3) is 0 Å². The fourth-order valence-corrected chi connectivity index (χ4v) is 4.40. The molecule has 3 fully saturated rings. The molecule has 0 amide bonds. The summed E-state index contributed by atoms with van der Waals surface area (Å²) in [6.07, 6.45) is 9.77. The molecule has 2 aliphatic heterocycles. The Morgan fingerprint density at radius 3 is 2.65 bits per heavy atom. The molecule has 0 aromatic carbocycles. The molecule has 1 aliphatic carbocycles. The summed E-state index contributed by atoms with van der Waals surface area (Å²) in [6.45, 7) is 9.38. The van der Waals surface area contributed by atoms with E-state index in [2.05, 4.69) is 17.1 Å². The lowest BCUT2D eigenvalue weighted by Crippen LogP contribution is -2.56. The minimum absolute atomic E-state index is 0.493. The Kier molecular flexibility index (Phi) is 5.00. The van der Waals surface area contributed by atoms with Crippen molar-refractivity contribution < 1.29 is 4.74 Å². The molecule has 2 saturated heterocycles. The Labute approximate surface area is 124 Å². The highest BCUT2D eigenvalue weighted by Crippen LogP contribution is 2.32. The summed E-state index contributed by atoms with van der Waals surface area (Å²) in [5.41, 5.74) is 0.493. The van der Waals surface area contributed by atoms with Crippen LogP contribution in [-0.2, 0) is 4.74 Å². The molecule has 3 heteroatoms. The number of rotatable bonds is 3. The van der Waals surface area contributed by atoms with Gasteiger partial charge in [0.2, 0.25) is 0 Å². The normalized spacial score (nSPS) is 33.1. The molecule has 1 unspecified atom stereocenters. The summed E-state index contributed by atoms with van der Waals surface area (Å²) in [5.74, 6) is 0.939. The molecule has 0 aromatic heterocycles. The van der Waals surface area contributed by atoms with Crippen LogP contribution in [0, 0.1) is 11.3 Å². The maximum absolute atomic E-state index is 5.54. The maximum Gasteiger partial charge on any atom is 0.0471 e. The molecule has 3 rings (SSSR count). The summed E-state index contributed by atoms with van der Waals surface area (Å²) in [7, 11) is 0. The molecule has 116 valence electrons. The Hall–Kier alpha value is -0.120. The molecule has 1 atom stereocenters. The molecule has 20 heavy (non-hydrogen) atoms. The molecular formula is C17H32N2O. The lowest BCUT2D eigenvalue weighted by molar-refractivity contribution is -0.00195. The van der Waals surface area contributed by atoms with E-state index in [0.717, 1.165) is 25.2 Å². The van der Waals surface area contributed by atoms with Gasteiger partial charge in [-0.3, -0.25) is 4.90 Å². The van der Waals surface area contributed by atoms with E-state index in [1.807, 2.05) is 0 Å². The quantitative estimate of drug-likeness (QED) is 0.860. The maximum atomic E-state index is 5.54. The first-order chi connectivity index (χ1) is 9.75. The van der Waals surface area contributed by atoms with Crippen LogP contribution in [0.3, 0.4) is 0 Å². The van der Waals surface area contributed by atoms with Crippen molar-refractivity contribution >= 4 is 0 Å². The average Bonchev–Trinajstić information content (AvgIpc) is 2.49. The Balaban J connectivity index is 1.52. The van der Waals surface area contributed by atoms with Crippen LogP contribution in [-0.4, -0.2) is 50.3 Å². The van der Waals surface area contributed by atoms with Crippen molar-refractivity contribution in [2.75, 3.05) is 39.4 Å². The van der Waals surface area contributed by atoms with E-state index in [1.165, 1.54) is 71.1 Å². The van der Waals surface area contributed by atoms with Crippen molar-refractivity contribution in [2.45, 2.75) is 57.9 Å². The van der Waals surface area contributed by atoms with Gasteiger partial charge in [0.1, 0.15) is 0 Å². The minimum Gasteiger partial charge on any atom is -0.381 e. The second-order valence-electron chi connectivity index (χ2n) is 7.62. The lowest BCUT2D eigenvalue weighted by Gasteiger charge is -2.44. The van der Waals surface area contributed by atoms with E-state index in [4.69, 9.17) is 4.74 Å². The number of ether oxygens (including phenoxy) is 1. The molecule has 3 aliphatic rings. The zero-order valence-electron chi connectivity index (χ0n) is 13.2. The van der Waals surface area contributed by atoms with Crippen LogP contribution in [0.4, 0.5) is 0 Å².